The van der Waals surface area contributed by atoms with Crippen LogP contribution in [-0.4, -0.2) is 12.1 Å². The summed E-state index contributed by atoms with van der Waals surface area (Å²) >= 11 is 0. The van der Waals surface area contributed by atoms with Crippen molar-refractivity contribution in [3.63, 3.8) is 0 Å². The molecule has 1 aliphatic rings. The number of benzene rings is 1. The molecule has 0 radical (unpaired) electrons. The van der Waals surface area contributed by atoms with Gasteiger partial charge in [-0.05, 0) is 49.3 Å². The van der Waals surface area contributed by atoms with Crippen molar-refractivity contribution in [2.75, 3.05) is 5.32 Å². The maximum absolute atomic E-state index is 10.8. The Hall–Kier alpha value is -1.55. The third-order valence-corrected chi connectivity index (χ3v) is 4.82. The number of urea groups is 1. The first-order chi connectivity index (χ1) is 10.5. The Labute approximate surface area is 133 Å². The maximum atomic E-state index is 10.8. The molecular formula is C18H29N3O. The van der Waals surface area contributed by atoms with E-state index in [1.54, 1.807) is 0 Å². The zero-order valence-electron chi connectivity index (χ0n) is 13.9. The summed E-state index contributed by atoms with van der Waals surface area (Å²) in [5.74, 6) is 1.50. The van der Waals surface area contributed by atoms with Gasteiger partial charge in [-0.15, -0.1) is 0 Å². The van der Waals surface area contributed by atoms with Crippen molar-refractivity contribution in [3.8, 4) is 0 Å². The summed E-state index contributed by atoms with van der Waals surface area (Å²) in [6, 6.07) is 8.30. The van der Waals surface area contributed by atoms with Crippen LogP contribution in [-0.2, 0) is 0 Å². The summed E-state index contributed by atoms with van der Waals surface area (Å²) in [4.78, 5) is 10.8. The minimum atomic E-state index is -0.527. The quantitative estimate of drug-likeness (QED) is 0.768. The van der Waals surface area contributed by atoms with Crippen LogP contribution >= 0.6 is 0 Å². The van der Waals surface area contributed by atoms with Crippen molar-refractivity contribution in [3.05, 3.63) is 29.8 Å². The second-order valence-electron chi connectivity index (χ2n) is 6.80. The van der Waals surface area contributed by atoms with E-state index in [-0.39, 0.29) is 0 Å². The molecule has 122 valence electrons. The molecule has 0 bridgehead atoms. The molecule has 1 saturated carbocycles. The number of amides is 2. The fourth-order valence-corrected chi connectivity index (χ4v) is 3.58. The molecule has 3 atom stereocenters. The molecule has 4 heteroatoms. The summed E-state index contributed by atoms with van der Waals surface area (Å²) in [5, 5.41) is 6.41. The van der Waals surface area contributed by atoms with Gasteiger partial charge in [-0.2, -0.15) is 0 Å². The maximum Gasteiger partial charge on any atom is 0.316 e. The van der Waals surface area contributed by atoms with Crippen LogP contribution in [0, 0.1) is 11.8 Å². The van der Waals surface area contributed by atoms with Crippen molar-refractivity contribution in [2.24, 2.45) is 17.6 Å². The Morgan fingerprint density at radius 3 is 2.36 bits per heavy atom. The van der Waals surface area contributed by atoms with Crippen LogP contribution in [0.4, 0.5) is 10.5 Å². The lowest BCUT2D eigenvalue weighted by atomic mass is 9.77. The van der Waals surface area contributed by atoms with Gasteiger partial charge >= 0.3 is 6.03 Å². The summed E-state index contributed by atoms with van der Waals surface area (Å²) < 4.78 is 0. The van der Waals surface area contributed by atoms with E-state index in [9.17, 15) is 4.79 Å². The second-order valence-corrected chi connectivity index (χ2v) is 6.80. The molecule has 0 saturated heterocycles. The first kappa shape index (κ1) is 16.8. The number of carbonyl (C=O) groups excluding carboxylic acids is 1. The Balaban J connectivity index is 1.98. The van der Waals surface area contributed by atoms with Gasteiger partial charge in [0.1, 0.15) is 0 Å². The fraction of sp³-hybridized carbons (Fsp3) is 0.611. The van der Waals surface area contributed by atoms with Crippen LogP contribution in [0.2, 0.25) is 0 Å². The van der Waals surface area contributed by atoms with Crippen LogP contribution in [0.25, 0.3) is 0 Å². The van der Waals surface area contributed by atoms with Crippen LogP contribution in [0.1, 0.15) is 58.1 Å². The Bertz CT molecular complexity index is 484. The molecule has 22 heavy (non-hydrogen) atoms. The molecule has 1 fully saturated rings. The molecule has 4 N–H and O–H groups in total. The predicted molar refractivity (Wildman–Crippen MR) is 91.8 cm³/mol. The van der Waals surface area contributed by atoms with Crippen molar-refractivity contribution >= 4 is 11.7 Å². The van der Waals surface area contributed by atoms with Gasteiger partial charge in [0.25, 0.3) is 0 Å². The van der Waals surface area contributed by atoms with Crippen LogP contribution < -0.4 is 16.4 Å². The predicted octanol–water partition coefficient (Wildman–Crippen LogP) is 4.04. The Kier molecular flexibility index (Phi) is 5.83. The Morgan fingerprint density at radius 1 is 1.14 bits per heavy atom. The van der Waals surface area contributed by atoms with E-state index in [2.05, 4.69) is 43.5 Å². The number of nitrogens with one attached hydrogen (secondary N) is 2. The molecule has 0 spiro atoms. The number of hydrogen-bond acceptors (Lipinski definition) is 2. The van der Waals surface area contributed by atoms with E-state index in [0.717, 1.165) is 17.5 Å². The third-order valence-electron chi connectivity index (χ3n) is 4.82. The summed E-state index contributed by atoms with van der Waals surface area (Å²) in [6.07, 6.45) is 5.30. The van der Waals surface area contributed by atoms with Gasteiger partial charge in [0.2, 0.25) is 0 Å². The van der Waals surface area contributed by atoms with E-state index in [1.807, 2.05) is 12.1 Å². The number of hydrogen-bond donors (Lipinski definition) is 3. The molecule has 4 nitrogen and oxygen atoms in total. The average Bonchev–Trinajstić information content (AvgIpc) is 2.47. The standard InChI is InChI=1S/C18H29N3O/c1-12(2)16-6-4-5-7-17(16)20-13(3)14-8-10-15(11-9-14)21-18(19)22/h8-13,16-17,20H,4-7H2,1-3H3,(H3,19,21,22)/t13-,16-,17-/m0/s1. The van der Waals surface area contributed by atoms with Crippen LogP contribution in [0.15, 0.2) is 24.3 Å². The van der Waals surface area contributed by atoms with E-state index in [1.165, 1.54) is 31.2 Å². The second kappa shape index (κ2) is 7.63. The summed E-state index contributed by atoms with van der Waals surface area (Å²) in [7, 11) is 0. The normalized spacial score (nSPS) is 23.3. The first-order valence-electron chi connectivity index (χ1n) is 8.40. The Morgan fingerprint density at radius 2 is 1.77 bits per heavy atom. The molecule has 1 aliphatic carbocycles. The number of carbonyl (C=O) groups is 1. The van der Waals surface area contributed by atoms with Gasteiger partial charge in [0.05, 0.1) is 0 Å². The van der Waals surface area contributed by atoms with E-state index >= 15 is 0 Å². The lowest BCUT2D eigenvalue weighted by Crippen LogP contribution is -2.42. The van der Waals surface area contributed by atoms with Crippen molar-refractivity contribution in [1.29, 1.82) is 0 Å². The third kappa shape index (κ3) is 4.47. The van der Waals surface area contributed by atoms with E-state index < -0.39 is 6.03 Å². The molecule has 0 unspecified atom stereocenters. The molecule has 1 aromatic carbocycles. The smallest absolute Gasteiger partial charge is 0.316 e. The molecule has 2 rings (SSSR count). The van der Waals surface area contributed by atoms with Gasteiger partial charge in [-0.1, -0.05) is 38.8 Å². The highest BCUT2D eigenvalue weighted by Crippen LogP contribution is 2.31. The highest BCUT2D eigenvalue weighted by molar-refractivity contribution is 5.87. The summed E-state index contributed by atoms with van der Waals surface area (Å²) in [5.41, 5.74) is 7.10. The minimum absolute atomic E-state index is 0.312. The zero-order chi connectivity index (χ0) is 16.1. The monoisotopic (exact) mass is 303 g/mol. The highest BCUT2D eigenvalue weighted by atomic mass is 16.2. The lowest BCUT2D eigenvalue weighted by molar-refractivity contribution is 0.195. The van der Waals surface area contributed by atoms with E-state index in [4.69, 9.17) is 5.73 Å². The number of nitrogens with two attached hydrogens (primary N) is 1. The molecule has 2 amide bonds. The van der Waals surface area contributed by atoms with Gasteiger partial charge in [0, 0.05) is 17.8 Å². The summed E-state index contributed by atoms with van der Waals surface area (Å²) in [6.45, 7) is 6.88. The minimum Gasteiger partial charge on any atom is -0.351 e. The first-order valence-corrected chi connectivity index (χ1v) is 8.40. The number of primary amides is 1. The molecule has 1 aromatic rings. The van der Waals surface area contributed by atoms with Crippen LogP contribution in [0.3, 0.4) is 0 Å². The SMILES string of the molecule is CC(C)[C@@H]1CCCC[C@@H]1N[C@@H](C)c1ccc(NC(N)=O)cc1. The van der Waals surface area contributed by atoms with E-state index in [0.29, 0.717) is 12.1 Å². The fourth-order valence-electron chi connectivity index (χ4n) is 3.58. The van der Waals surface area contributed by atoms with Gasteiger partial charge < -0.3 is 16.4 Å². The molecule has 0 heterocycles. The largest absolute Gasteiger partial charge is 0.351 e. The van der Waals surface area contributed by atoms with Crippen LogP contribution in [0.5, 0.6) is 0 Å². The molecule has 0 aromatic heterocycles. The van der Waals surface area contributed by atoms with Gasteiger partial charge in [-0.25, -0.2) is 4.79 Å². The molecule has 0 aliphatic heterocycles. The highest BCUT2D eigenvalue weighted by Gasteiger charge is 2.28. The topological polar surface area (TPSA) is 67.2 Å². The van der Waals surface area contributed by atoms with Gasteiger partial charge in [-0.3, -0.25) is 0 Å². The van der Waals surface area contributed by atoms with Gasteiger partial charge in [0.15, 0.2) is 0 Å². The molecular weight excluding hydrogens is 274 g/mol. The lowest BCUT2D eigenvalue weighted by Gasteiger charge is -2.37. The number of rotatable bonds is 5. The average molecular weight is 303 g/mol. The van der Waals surface area contributed by atoms with Crippen molar-refractivity contribution in [1.82, 2.24) is 5.32 Å². The number of anilines is 1. The van der Waals surface area contributed by atoms with Crippen molar-refractivity contribution in [2.45, 2.75) is 58.5 Å². The van der Waals surface area contributed by atoms with Crippen molar-refractivity contribution < 1.29 is 4.79 Å². The zero-order valence-corrected chi connectivity index (χ0v) is 13.9.